The average Bonchev–Trinajstić information content (AvgIpc) is 2.59. The van der Waals surface area contributed by atoms with Gasteiger partial charge in [-0.2, -0.15) is 0 Å². The van der Waals surface area contributed by atoms with Gasteiger partial charge >= 0.3 is 0 Å². The third kappa shape index (κ3) is 2.31. The first kappa shape index (κ1) is 10.7. The van der Waals surface area contributed by atoms with Crippen LogP contribution in [0.25, 0.3) is 5.65 Å². The summed E-state index contributed by atoms with van der Waals surface area (Å²) in [6.45, 7) is 3.31. The van der Waals surface area contributed by atoms with Gasteiger partial charge in [0.15, 0.2) is 11.5 Å². The summed E-state index contributed by atoms with van der Waals surface area (Å²) in [7, 11) is 0. The van der Waals surface area contributed by atoms with Crippen molar-refractivity contribution >= 4 is 5.65 Å². The van der Waals surface area contributed by atoms with Crippen molar-refractivity contribution in [2.24, 2.45) is 0 Å². The Labute approximate surface area is 101 Å². The van der Waals surface area contributed by atoms with E-state index in [0.29, 0.717) is 0 Å². The molecule has 2 aromatic heterocycles. The SMILES string of the molecule is c1ccn2c(CN3CCCCCC3)nnc2c1. The number of fused-ring (bicyclic) bond motifs is 1. The van der Waals surface area contributed by atoms with Gasteiger partial charge in [-0.3, -0.25) is 9.30 Å². The maximum atomic E-state index is 4.29. The van der Waals surface area contributed by atoms with Crippen LogP contribution in [0.4, 0.5) is 0 Å². The van der Waals surface area contributed by atoms with E-state index in [1.54, 1.807) is 0 Å². The fraction of sp³-hybridized carbons (Fsp3) is 0.538. The molecule has 2 aromatic rings. The quantitative estimate of drug-likeness (QED) is 0.792. The average molecular weight is 230 g/mol. The van der Waals surface area contributed by atoms with E-state index in [2.05, 4.69) is 19.5 Å². The van der Waals surface area contributed by atoms with E-state index in [9.17, 15) is 0 Å². The van der Waals surface area contributed by atoms with Crippen LogP contribution < -0.4 is 0 Å². The summed E-state index contributed by atoms with van der Waals surface area (Å²) in [4.78, 5) is 2.50. The lowest BCUT2D eigenvalue weighted by atomic mass is 10.2. The van der Waals surface area contributed by atoms with E-state index < -0.39 is 0 Å². The molecular formula is C13H18N4. The standard InChI is InChI=1S/C13H18N4/c1-2-5-9-16(8-4-1)11-13-15-14-12-7-3-6-10-17(12)13/h3,6-7,10H,1-2,4-5,8-9,11H2. The summed E-state index contributed by atoms with van der Waals surface area (Å²) in [6, 6.07) is 6.03. The first-order valence-corrected chi connectivity index (χ1v) is 6.44. The molecule has 0 bridgehead atoms. The van der Waals surface area contributed by atoms with E-state index in [1.807, 2.05) is 24.4 Å². The zero-order chi connectivity index (χ0) is 11.5. The molecule has 4 nitrogen and oxygen atoms in total. The van der Waals surface area contributed by atoms with Crippen LogP contribution >= 0.6 is 0 Å². The summed E-state index contributed by atoms with van der Waals surface area (Å²) in [5, 5.41) is 8.49. The van der Waals surface area contributed by atoms with Crippen LogP contribution in [0.5, 0.6) is 0 Å². The van der Waals surface area contributed by atoms with Crippen LogP contribution in [-0.2, 0) is 6.54 Å². The number of aromatic nitrogens is 3. The molecule has 0 amide bonds. The van der Waals surface area contributed by atoms with Crippen LogP contribution in [0.3, 0.4) is 0 Å². The monoisotopic (exact) mass is 230 g/mol. The lowest BCUT2D eigenvalue weighted by Gasteiger charge is -2.18. The van der Waals surface area contributed by atoms with Crippen molar-refractivity contribution in [3.8, 4) is 0 Å². The lowest BCUT2D eigenvalue weighted by molar-refractivity contribution is 0.269. The molecule has 0 unspecified atom stereocenters. The number of hydrogen-bond donors (Lipinski definition) is 0. The van der Waals surface area contributed by atoms with E-state index >= 15 is 0 Å². The van der Waals surface area contributed by atoms with Crippen molar-refractivity contribution in [3.63, 3.8) is 0 Å². The van der Waals surface area contributed by atoms with Crippen molar-refractivity contribution in [3.05, 3.63) is 30.2 Å². The highest BCUT2D eigenvalue weighted by Crippen LogP contribution is 2.12. The van der Waals surface area contributed by atoms with E-state index in [4.69, 9.17) is 0 Å². The van der Waals surface area contributed by atoms with E-state index in [1.165, 1.54) is 38.8 Å². The molecule has 0 saturated carbocycles. The Morgan fingerprint density at radius 2 is 1.82 bits per heavy atom. The fourth-order valence-electron chi connectivity index (χ4n) is 2.49. The molecule has 1 aliphatic heterocycles. The van der Waals surface area contributed by atoms with Gasteiger partial charge in [0.05, 0.1) is 6.54 Å². The zero-order valence-electron chi connectivity index (χ0n) is 10.0. The highest BCUT2D eigenvalue weighted by atomic mass is 15.3. The van der Waals surface area contributed by atoms with Gasteiger partial charge in [0.25, 0.3) is 0 Å². The molecule has 1 fully saturated rings. The van der Waals surface area contributed by atoms with Gasteiger partial charge in [0, 0.05) is 6.20 Å². The molecule has 1 aliphatic rings. The zero-order valence-corrected chi connectivity index (χ0v) is 10.0. The van der Waals surface area contributed by atoms with Crippen LogP contribution in [0.1, 0.15) is 31.5 Å². The van der Waals surface area contributed by atoms with Crippen LogP contribution in [0.15, 0.2) is 24.4 Å². The Morgan fingerprint density at radius 3 is 2.65 bits per heavy atom. The predicted octanol–water partition coefficient (Wildman–Crippen LogP) is 2.11. The number of nitrogens with zero attached hydrogens (tertiary/aromatic N) is 4. The Balaban J connectivity index is 1.79. The molecule has 0 atom stereocenters. The molecule has 4 heteroatoms. The predicted molar refractivity (Wildman–Crippen MR) is 66.7 cm³/mol. The minimum absolute atomic E-state index is 0.922. The normalized spacial score (nSPS) is 18.4. The molecular weight excluding hydrogens is 212 g/mol. The van der Waals surface area contributed by atoms with Crippen molar-refractivity contribution in [2.45, 2.75) is 32.2 Å². The largest absolute Gasteiger partial charge is 0.296 e. The van der Waals surface area contributed by atoms with Crippen LogP contribution in [0, 0.1) is 0 Å². The second kappa shape index (κ2) is 4.84. The summed E-state index contributed by atoms with van der Waals surface area (Å²) < 4.78 is 2.09. The summed E-state index contributed by atoms with van der Waals surface area (Å²) >= 11 is 0. The summed E-state index contributed by atoms with van der Waals surface area (Å²) in [6.07, 6.45) is 7.42. The first-order valence-electron chi connectivity index (χ1n) is 6.44. The van der Waals surface area contributed by atoms with Gasteiger partial charge in [-0.15, -0.1) is 10.2 Å². The van der Waals surface area contributed by atoms with E-state index in [0.717, 1.165) is 18.0 Å². The van der Waals surface area contributed by atoms with E-state index in [-0.39, 0.29) is 0 Å². The molecule has 17 heavy (non-hydrogen) atoms. The first-order chi connectivity index (χ1) is 8.43. The minimum atomic E-state index is 0.922. The number of pyridine rings is 1. The maximum Gasteiger partial charge on any atom is 0.160 e. The number of rotatable bonds is 2. The van der Waals surface area contributed by atoms with Crippen LogP contribution in [0.2, 0.25) is 0 Å². The molecule has 0 spiro atoms. The van der Waals surface area contributed by atoms with Gasteiger partial charge in [-0.25, -0.2) is 0 Å². The third-order valence-electron chi connectivity index (χ3n) is 3.45. The van der Waals surface area contributed by atoms with Crippen LogP contribution in [-0.4, -0.2) is 32.6 Å². The van der Waals surface area contributed by atoms with Gasteiger partial charge < -0.3 is 0 Å². The van der Waals surface area contributed by atoms with Crippen molar-refractivity contribution in [1.29, 1.82) is 0 Å². The highest BCUT2D eigenvalue weighted by Gasteiger charge is 2.12. The Hall–Kier alpha value is -1.42. The molecule has 90 valence electrons. The molecule has 0 aromatic carbocycles. The Bertz CT molecular complexity index is 483. The third-order valence-corrected chi connectivity index (χ3v) is 3.45. The van der Waals surface area contributed by atoms with Crippen molar-refractivity contribution in [2.75, 3.05) is 13.1 Å². The van der Waals surface area contributed by atoms with Gasteiger partial charge in [-0.05, 0) is 38.1 Å². The molecule has 0 N–H and O–H groups in total. The smallest absolute Gasteiger partial charge is 0.160 e. The van der Waals surface area contributed by atoms with Gasteiger partial charge in [0.1, 0.15) is 0 Å². The maximum absolute atomic E-state index is 4.29. The summed E-state index contributed by atoms with van der Waals surface area (Å²) in [5.41, 5.74) is 0.942. The van der Waals surface area contributed by atoms with Gasteiger partial charge in [0.2, 0.25) is 0 Å². The summed E-state index contributed by atoms with van der Waals surface area (Å²) in [5.74, 6) is 1.06. The molecule has 3 heterocycles. The molecule has 0 aliphatic carbocycles. The second-order valence-electron chi connectivity index (χ2n) is 4.74. The topological polar surface area (TPSA) is 33.4 Å². The second-order valence-corrected chi connectivity index (χ2v) is 4.74. The fourth-order valence-corrected chi connectivity index (χ4v) is 2.49. The Kier molecular flexibility index (Phi) is 3.05. The lowest BCUT2D eigenvalue weighted by Crippen LogP contribution is -2.25. The van der Waals surface area contributed by atoms with Gasteiger partial charge in [-0.1, -0.05) is 18.9 Å². The highest BCUT2D eigenvalue weighted by molar-refractivity contribution is 5.36. The molecule has 1 saturated heterocycles. The number of hydrogen-bond acceptors (Lipinski definition) is 3. The molecule has 0 radical (unpaired) electrons. The number of likely N-dealkylation sites (tertiary alicyclic amines) is 1. The molecule has 3 rings (SSSR count). The Morgan fingerprint density at radius 1 is 1.00 bits per heavy atom. The minimum Gasteiger partial charge on any atom is -0.296 e. The van der Waals surface area contributed by atoms with Crippen molar-refractivity contribution in [1.82, 2.24) is 19.5 Å². The van der Waals surface area contributed by atoms with Crippen molar-refractivity contribution < 1.29 is 0 Å².